The first-order valence-corrected chi connectivity index (χ1v) is 6.76. The molecule has 0 saturated heterocycles. The Bertz CT molecular complexity index is 502. The highest BCUT2D eigenvalue weighted by atomic mass is 32.2. The molecule has 0 saturated carbocycles. The van der Waals surface area contributed by atoms with Crippen molar-refractivity contribution in [2.75, 3.05) is 12.9 Å². The number of hydrogen-bond acceptors (Lipinski definition) is 6. The van der Waals surface area contributed by atoms with Gasteiger partial charge in [-0.1, -0.05) is 23.9 Å². The topological polar surface area (TPSA) is 104 Å². The molecule has 1 rings (SSSR count). The van der Waals surface area contributed by atoms with Gasteiger partial charge in [-0.3, -0.25) is 4.79 Å². The average Bonchev–Trinajstić information content (AvgIpc) is 2.42. The van der Waals surface area contributed by atoms with Gasteiger partial charge in [0.15, 0.2) is 5.12 Å². The molecule has 0 aliphatic carbocycles. The van der Waals surface area contributed by atoms with Crippen molar-refractivity contribution in [2.45, 2.75) is 19.1 Å². The van der Waals surface area contributed by atoms with Crippen LogP contribution in [0.4, 0.5) is 0 Å². The molecule has 2 atom stereocenters. The number of aliphatic hydroxyl groups is 2. The molecule has 2 unspecified atom stereocenters. The Morgan fingerprint density at radius 2 is 2.00 bits per heavy atom. The van der Waals surface area contributed by atoms with Crippen LogP contribution in [0, 0.1) is 0 Å². The van der Waals surface area contributed by atoms with Crippen LogP contribution in [0.15, 0.2) is 18.2 Å². The van der Waals surface area contributed by atoms with Crippen LogP contribution in [0.25, 0.3) is 0 Å². The second-order valence-electron chi connectivity index (χ2n) is 4.04. The molecule has 0 heterocycles. The molecule has 20 heavy (non-hydrogen) atoms. The lowest BCUT2D eigenvalue weighted by Gasteiger charge is -2.20. The van der Waals surface area contributed by atoms with E-state index >= 15 is 0 Å². The van der Waals surface area contributed by atoms with Gasteiger partial charge < -0.3 is 20.1 Å². The third-order valence-electron chi connectivity index (χ3n) is 2.63. The minimum absolute atomic E-state index is 0.0211. The van der Waals surface area contributed by atoms with Gasteiger partial charge in [-0.2, -0.15) is 0 Å². The Kier molecular flexibility index (Phi) is 6.00. The van der Waals surface area contributed by atoms with Crippen molar-refractivity contribution < 1.29 is 29.6 Å². The summed E-state index contributed by atoms with van der Waals surface area (Å²) in [6, 6.07) is 4.38. The van der Waals surface area contributed by atoms with E-state index in [1.54, 1.807) is 0 Å². The van der Waals surface area contributed by atoms with Crippen molar-refractivity contribution >= 4 is 22.8 Å². The number of thioether (sulfide) groups is 1. The summed E-state index contributed by atoms with van der Waals surface area (Å²) in [7, 11) is 1.32. The maximum atomic E-state index is 11.3. The maximum absolute atomic E-state index is 11.3. The second kappa shape index (κ2) is 7.28. The molecule has 7 heteroatoms. The first-order valence-electron chi connectivity index (χ1n) is 5.78. The molecular weight excluding hydrogens is 284 g/mol. The third kappa shape index (κ3) is 3.96. The quantitative estimate of drug-likeness (QED) is 0.721. The molecule has 0 spiro atoms. The molecule has 6 nitrogen and oxygen atoms in total. The smallest absolute Gasteiger partial charge is 0.339 e. The Morgan fingerprint density at radius 3 is 2.50 bits per heavy atom. The number of aliphatic hydroxyl groups excluding tert-OH is 2. The molecule has 0 aliphatic rings. The van der Waals surface area contributed by atoms with Crippen molar-refractivity contribution in [3.05, 3.63) is 29.3 Å². The number of methoxy groups -OCH3 is 1. The number of aromatic carboxylic acids is 1. The van der Waals surface area contributed by atoms with E-state index in [0.717, 1.165) is 11.8 Å². The summed E-state index contributed by atoms with van der Waals surface area (Å²) in [6.07, 6.45) is -2.67. The van der Waals surface area contributed by atoms with E-state index in [9.17, 15) is 24.9 Å². The molecule has 1 aromatic rings. The number of carbonyl (C=O) groups is 2. The van der Waals surface area contributed by atoms with E-state index in [4.69, 9.17) is 4.74 Å². The molecule has 0 aliphatic heterocycles. The highest BCUT2D eigenvalue weighted by molar-refractivity contribution is 8.13. The zero-order chi connectivity index (χ0) is 15.3. The lowest BCUT2D eigenvalue weighted by atomic mass is 9.98. The minimum Gasteiger partial charge on any atom is -0.496 e. The van der Waals surface area contributed by atoms with Crippen LogP contribution < -0.4 is 4.74 Å². The summed E-state index contributed by atoms with van der Waals surface area (Å²) in [4.78, 5) is 22.1. The Morgan fingerprint density at radius 1 is 1.35 bits per heavy atom. The minimum atomic E-state index is -1.41. The monoisotopic (exact) mass is 300 g/mol. The fourth-order valence-corrected chi connectivity index (χ4v) is 2.28. The number of carboxylic acid groups (broad SMARTS) is 1. The van der Waals surface area contributed by atoms with Crippen molar-refractivity contribution in [3.63, 3.8) is 0 Å². The Hall–Kier alpha value is -1.57. The number of hydrogen-bond donors (Lipinski definition) is 3. The van der Waals surface area contributed by atoms with Gasteiger partial charge in [0.2, 0.25) is 0 Å². The highest BCUT2D eigenvalue weighted by Crippen LogP contribution is 2.29. The first kappa shape index (κ1) is 16.5. The standard InChI is InChI=1S/C13H16O6S/c1-7(14)20-6-9(15)12(16)8-4-3-5-10(19-2)11(8)13(17)18/h3-5,9,12,15-16H,6H2,1-2H3,(H,17,18). The summed E-state index contributed by atoms with van der Waals surface area (Å²) < 4.78 is 4.94. The predicted molar refractivity (Wildman–Crippen MR) is 74.1 cm³/mol. The van der Waals surface area contributed by atoms with Gasteiger partial charge in [0.05, 0.1) is 13.2 Å². The predicted octanol–water partition coefficient (Wildman–Crippen LogP) is 1.07. The number of benzene rings is 1. The summed E-state index contributed by atoms with van der Waals surface area (Å²) in [5.41, 5.74) is -0.150. The third-order valence-corrected chi connectivity index (χ3v) is 3.55. The van der Waals surface area contributed by atoms with Gasteiger partial charge in [-0.25, -0.2) is 4.79 Å². The van der Waals surface area contributed by atoms with Crippen LogP contribution in [0.2, 0.25) is 0 Å². The molecular formula is C13H16O6S. The van der Waals surface area contributed by atoms with Crippen molar-refractivity contribution in [1.29, 1.82) is 0 Å². The molecule has 0 radical (unpaired) electrons. The van der Waals surface area contributed by atoms with E-state index < -0.39 is 18.2 Å². The van der Waals surface area contributed by atoms with Crippen molar-refractivity contribution in [3.8, 4) is 5.75 Å². The summed E-state index contributed by atoms with van der Waals surface area (Å²) in [5.74, 6) is -1.18. The van der Waals surface area contributed by atoms with Crippen LogP contribution in [-0.2, 0) is 4.79 Å². The van der Waals surface area contributed by atoms with Gasteiger partial charge in [-0.15, -0.1) is 0 Å². The number of rotatable bonds is 6. The maximum Gasteiger partial charge on any atom is 0.339 e. The lowest BCUT2D eigenvalue weighted by molar-refractivity contribution is -0.109. The van der Waals surface area contributed by atoms with Crippen LogP contribution >= 0.6 is 11.8 Å². The molecule has 0 amide bonds. The molecule has 3 N–H and O–H groups in total. The van der Waals surface area contributed by atoms with Gasteiger partial charge in [0, 0.05) is 18.2 Å². The summed E-state index contributed by atoms with van der Waals surface area (Å²) in [6.45, 7) is 1.35. The number of carbonyl (C=O) groups excluding carboxylic acids is 1. The average molecular weight is 300 g/mol. The molecule has 1 aromatic carbocycles. The molecule has 0 aromatic heterocycles. The van der Waals surface area contributed by atoms with Crippen LogP contribution in [0.5, 0.6) is 5.75 Å². The SMILES string of the molecule is COc1cccc(C(O)C(O)CSC(C)=O)c1C(=O)O. The van der Waals surface area contributed by atoms with Gasteiger partial charge >= 0.3 is 5.97 Å². The largest absolute Gasteiger partial charge is 0.496 e. The highest BCUT2D eigenvalue weighted by Gasteiger charge is 2.26. The zero-order valence-corrected chi connectivity index (χ0v) is 11.9. The fourth-order valence-electron chi connectivity index (χ4n) is 1.69. The van der Waals surface area contributed by atoms with E-state index in [0.29, 0.717) is 0 Å². The van der Waals surface area contributed by atoms with E-state index in [2.05, 4.69) is 0 Å². The van der Waals surface area contributed by atoms with E-state index in [1.165, 1.54) is 32.2 Å². The Balaban J connectivity index is 3.05. The van der Waals surface area contributed by atoms with Crippen LogP contribution in [0.1, 0.15) is 28.9 Å². The summed E-state index contributed by atoms with van der Waals surface area (Å²) >= 11 is 0.859. The summed E-state index contributed by atoms with van der Waals surface area (Å²) in [5, 5.41) is 28.9. The molecule has 0 fully saturated rings. The number of ether oxygens (including phenoxy) is 1. The lowest BCUT2D eigenvalue weighted by Crippen LogP contribution is -2.23. The molecule has 110 valence electrons. The number of carboxylic acids is 1. The van der Waals surface area contributed by atoms with Gasteiger partial charge in [0.1, 0.15) is 17.4 Å². The van der Waals surface area contributed by atoms with Gasteiger partial charge in [0.25, 0.3) is 0 Å². The normalized spacial score (nSPS) is 13.6. The first-order chi connectivity index (χ1) is 9.38. The van der Waals surface area contributed by atoms with Crippen LogP contribution in [-0.4, -0.2) is 45.4 Å². The van der Waals surface area contributed by atoms with E-state index in [-0.39, 0.29) is 27.7 Å². The van der Waals surface area contributed by atoms with Crippen molar-refractivity contribution in [1.82, 2.24) is 0 Å². The Labute approximate surface area is 120 Å². The zero-order valence-electron chi connectivity index (χ0n) is 11.1. The fraction of sp³-hybridized carbons (Fsp3) is 0.385. The van der Waals surface area contributed by atoms with Crippen LogP contribution in [0.3, 0.4) is 0 Å². The second-order valence-corrected chi connectivity index (χ2v) is 5.24. The van der Waals surface area contributed by atoms with Gasteiger partial charge in [-0.05, 0) is 6.07 Å². The molecule has 0 bridgehead atoms. The van der Waals surface area contributed by atoms with E-state index in [1.807, 2.05) is 0 Å². The van der Waals surface area contributed by atoms with Crippen molar-refractivity contribution in [2.24, 2.45) is 0 Å².